The van der Waals surface area contributed by atoms with Gasteiger partial charge in [-0.1, -0.05) is 41.9 Å². The van der Waals surface area contributed by atoms with Crippen molar-refractivity contribution in [1.82, 2.24) is 4.90 Å². The number of nitriles is 1. The lowest BCUT2D eigenvalue weighted by Gasteiger charge is -2.40. The Bertz CT molecular complexity index is 1050. The van der Waals surface area contributed by atoms with Crippen LogP contribution in [0.25, 0.3) is 0 Å². The fourth-order valence-electron chi connectivity index (χ4n) is 4.39. The number of halogens is 1. The van der Waals surface area contributed by atoms with Gasteiger partial charge in [0, 0.05) is 24.3 Å². The van der Waals surface area contributed by atoms with Crippen LogP contribution in [0, 0.1) is 11.3 Å². The monoisotopic (exact) mass is 436 g/mol. The van der Waals surface area contributed by atoms with E-state index in [0.717, 1.165) is 29.5 Å². The highest BCUT2D eigenvalue weighted by atomic mass is 35.5. The Balaban J connectivity index is 1.62. The topological polar surface area (TPSA) is 91.7 Å². The summed E-state index contributed by atoms with van der Waals surface area (Å²) < 4.78 is 5.41. The molecule has 2 heterocycles. The Morgan fingerprint density at radius 3 is 2.61 bits per heavy atom. The zero-order valence-electron chi connectivity index (χ0n) is 17.5. The van der Waals surface area contributed by atoms with Gasteiger partial charge >= 0.3 is 0 Å². The number of aliphatic imine (C=N–C) groups is 1. The molecule has 0 aliphatic carbocycles. The lowest BCUT2D eigenvalue weighted by atomic mass is 9.85. The van der Waals surface area contributed by atoms with Gasteiger partial charge in [-0.25, -0.2) is 4.99 Å². The van der Waals surface area contributed by atoms with E-state index < -0.39 is 5.54 Å². The number of carbonyl (C=O) groups is 1. The summed E-state index contributed by atoms with van der Waals surface area (Å²) in [6.07, 6.45) is 2.36. The molecule has 2 aliphatic rings. The SMILES string of the molecule is C[C@@]1(c2cccc(Cc3ccc(C#N)cc3)c2Cl)CC(=O)N(C2CCOCC2)C(N)=N1. The number of carbonyl (C=O) groups excluding carboxylic acids is 1. The molecule has 0 spiro atoms. The van der Waals surface area contributed by atoms with Crippen molar-refractivity contribution in [2.24, 2.45) is 10.7 Å². The molecule has 1 atom stereocenters. The maximum absolute atomic E-state index is 13.1. The van der Waals surface area contributed by atoms with Crippen molar-refractivity contribution < 1.29 is 9.53 Å². The van der Waals surface area contributed by atoms with Gasteiger partial charge in [0.25, 0.3) is 0 Å². The largest absolute Gasteiger partial charge is 0.381 e. The number of ether oxygens (including phenoxy) is 1. The molecule has 2 aliphatic heterocycles. The van der Waals surface area contributed by atoms with Crippen molar-refractivity contribution in [2.45, 2.75) is 44.2 Å². The maximum atomic E-state index is 13.1. The molecule has 0 saturated carbocycles. The molecule has 1 amide bonds. The molecule has 1 saturated heterocycles. The lowest BCUT2D eigenvalue weighted by molar-refractivity contribution is -0.132. The molecule has 2 aromatic rings. The summed E-state index contributed by atoms with van der Waals surface area (Å²) in [5.74, 6) is 0.217. The Kier molecular flexibility index (Phi) is 5.99. The molecule has 2 N–H and O–H groups in total. The molecular formula is C24H25ClN4O2. The smallest absolute Gasteiger partial charge is 0.232 e. The van der Waals surface area contributed by atoms with Crippen LogP contribution < -0.4 is 5.73 Å². The fraction of sp³-hybridized carbons (Fsp3) is 0.375. The summed E-state index contributed by atoms with van der Waals surface area (Å²) >= 11 is 6.82. The molecule has 0 bridgehead atoms. The summed E-state index contributed by atoms with van der Waals surface area (Å²) in [6.45, 7) is 3.16. The van der Waals surface area contributed by atoms with E-state index in [1.54, 1.807) is 17.0 Å². The highest BCUT2D eigenvalue weighted by molar-refractivity contribution is 6.32. The van der Waals surface area contributed by atoms with Crippen LogP contribution in [-0.4, -0.2) is 36.0 Å². The van der Waals surface area contributed by atoms with E-state index in [-0.39, 0.29) is 24.3 Å². The van der Waals surface area contributed by atoms with Crippen LogP contribution in [0.5, 0.6) is 0 Å². The highest BCUT2D eigenvalue weighted by Crippen LogP contribution is 2.39. The Morgan fingerprint density at radius 1 is 1.26 bits per heavy atom. The van der Waals surface area contributed by atoms with Gasteiger partial charge in [-0.3, -0.25) is 9.69 Å². The van der Waals surface area contributed by atoms with Gasteiger partial charge in [0.1, 0.15) is 0 Å². The second-order valence-electron chi connectivity index (χ2n) is 8.29. The summed E-state index contributed by atoms with van der Waals surface area (Å²) in [4.78, 5) is 19.5. The third-order valence-corrected chi connectivity index (χ3v) is 6.51. The first-order valence-electron chi connectivity index (χ1n) is 10.4. The van der Waals surface area contributed by atoms with Crippen molar-refractivity contribution in [3.8, 4) is 6.07 Å². The standard InChI is InChI=1S/C24H25ClN4O2/c1-24(14-21(30)29(23(27)28-24)19-9-11-31-12-10-19)20-4-2-3-18(22(20)25)13-16-5-7-17(15-26)8-6-16/h2-8,19H,9-14H2,1H3,(H2,27,28)/t24-/m0/s1. The molecule has 0 aromatic heterocycles. The molecule has 4 rings (SSSR count). The Labute approximate surface area is 187 Å². The first-order chi connectivity index (χ1) is 14.9. The predicted octanol–water partition coefficient (Wildman–Crippen LogP) is 3.74. The van der Waals surface area contributed by atoms with Crippen molar-refractivity contribution >= 4 is 23.5 Å². The van der Waals surface area contributed by atoms with E-state index in [9.17, 15) is 4.79 Å². The van der Waals surface area contributed by atoms with Gasteiger partial charge in [-0.05, 0) is 55.0 Å². The van der Waals surface area contributed by atoms with E-state index in [2.05, 4.69) is 6.07 Å². The molecule has 1 fully saturated rings. The summed E-state index contributed by atoms with van der Waals surface area (Å²) in [7, 11) is 0. The quantitative estimate of drug-likeness (QED) is 0.790. The number of amides is 1. The minimum atomic E-state index is -0.819. The average molecular weight is 437 g/mol. The number of hydrogen-bond acceptors (Lipinski definition) is 5. The summed E-state index contributed by atoms with van der Waals surface area (Å²) in [5.41, 5.74) is 8.89. The van der Waals surface area contributed by atoms with E-state index in [0.29, 0.717) is 30.2 Å². The first-order valence-corrected chi connectivity index (χ1v) is 10.8. The van der Waals surface area contributed by atoms with Gasteiger partial charge in [-0.2, -0.15) is 5.26 Å². The van der Waals surface area contributed by atoms with Crippen LogP contribution in [0.4, 0.5) is 0 Å². The second-order valence-corrected chi connectivity index (χ2v) is 8.67. The van der Waals surface area contributed by atoms with E-state index in [1.807, 2.05) is 37.3 Å². The van der Waals surface area contributed by atoms with E-state index in [1.165, 1.54) is 0 Å². The zero-order chi connectivity index (χ0) is 22.0. The average Bonchev–Trinajstić information content (AvgIpc) is 2.76. The van der Waals surface area contributed by atoms with E-state index in [4.69, 9.17) is 32.3 Å². The minimum absolute atomic E-state index is 0.0320. The molecule has 0 radical (unpaired) electrons. The number of hydrogen-bond donors (Lipinski definition) is 1. The van der Waals surface area contributed by atoms with Crippen LogP contribution in [0.1, 0.15) is 48.4 Å². The third kappa shape index (κ3) is 4.30. The second kappa shape index (κ2) is 8.70. The van der Waals surface area contributed by atoms with Crippen molar-refractivity contribution in [2.75, 3.05) is 13.2 Å². The predicted molar refractivity (Wildman–Crippen MR) is 120 cm³/mol. The number of benzene rings is 2. The minimum Gasteiger partial charge on any atom is -0.381 e. The molecule has 2 aromatic carbocycles. The van der Waals surface area contributed by atoms with Gasteiger partial charge < -0.3 is 10.5 Å². The summed E-state index contributed by atoms with van der Waals surface area (Å²) in [6, 6.07) is 15.4. The first kappa shape index (κ1) is 21.4. The van der Waals surface area contributed by atoms with Crippen LogP contribution in [0.2, 0.25) is 5.02 Å². The van der Waals surface area contributed by atoms with Gasteiger partial charge in [0.2, 0.25) is 5.91 Å². The number of guanidine groups is 1. The van der Waals surface area contributed by atoms with Crippen LogP contribution in [-0.2, 0) is 21.5 Å². The maximum Gasteiger partial charge on any atom is 0.232 e. The van der Waals surface area contributed by atoms with E-state index >= 15 is 0 Å². The lowest BCUT2D eigenvalue weighted by Crippen LogP contribution is -2.55. The fourth-order valence-corrected chi connectivity index (χ4v) is 4.79. The van der Waals surface area contributed by atoms with Crippen molar-refractivity contribution in [3.05, 3.63) is 69.7 Å². The van der Waals surface area contributed by atoms with Gasteiger partial charge in [0.15, 0.2) is 5.96 Å². The molecule has 31 heavy (non-hydrogen) atoms. The van der Waals surface area contributed by atoms with Gasteiger partial charge in [-0.15, -0.1) is 0 Å². The third-order valence-electron chi connectivity index (χ3n) is 6.06. The molecule has 7 heteroatoms. The highest BCUT2D eigenvalue weighted by Gasteiger charge is 2.41. The Hall–Kier alpha value is -2.88. The van der Waals surface area contributed by atoms with Crippen molar-refractivity contribution in [3.63, 3.8) is 0 Å². The van der Waals surface area contributed by atoms with Crippen LogP contribution in [0.15, 0.2) is 47.5 Å². The van der Waals surface area contributed by atoms with Gasteiger partial charge in [0.05, 0.1) is 23.6 Å². The molecular weight excluding hydrogens is 412 g/mol. The number of rotatable bonds is 4. The molecule has 160 valence electrons. The summed E-state index contributed by atoms with van der Waals surface area (Å²) in [5, 5.41) is 9.58. The zero-order valence-corrected chi connectivity index (χ0v) is 18.2. The Morgan fingerprint density at radius 2 is 1.97 bits per heavy atom. The normalized spacial score (nSPS) is 22.2. The van der Waals surface area contributed by atoms with Crippen LogP contribution >= 0.6 is 11.6 Å². The number of nitrogens with zero attached hydrogens (tertiary/aromatic N) is 3. The molecule has 0 unspecified atom stereocenters. The molecule has 6 nitrogen and oxygen atoms in total. The van der Waals surface area contributed by atoms with Crippen molar-refractivity contribution in [1.29, 1.82) is 5.26 Å². The van der Waals surface area contributed by atoms with Crippen LogP contribution in [0.3, 0.4) is 0 Å². The number of nitrogens with two attached hydrogens (primary N) is 1.